The summed E-state index contributed by atoms with van der Waals surface area (Å²) >= 11 is 0. The molecule has 122 valence electrons. The van der Waals surface area contributed by atoms with E-state index in [2.05, 4.69) is 11.8 Å². The first kappa shape index (κ1) is 17.0. The van der Waals surface area contributed by atoms with Crippen LogP contribution in [0, 0.1) is 17.2 Å². The van der Waals surface area contributed by atoms with Crippen molar-refractivity contribution < 1.29 is 9.59 Å². The maximum atomic E-state index is 12.5. The van der Waals surface area contributed by atoms with E-state index in [4.69, 9.17) is 0 Å². The number of benzene rings is 1. The van der Waals surface area contributed by atoms with Crippen molar-refractivity contribution in [1.82, 2.24) is 4.90 Å². The first-order valence-electron chi connectivity index (χ1n) is 8.12. The Balaban J connectivity index is 2.11. The highest BCUT2D eigenvalue weighted by Gasteiger charge is 2.32. The summed E-state index contributed by atoms with van der Waals surface area (Å²) in [5.41, 5.74) is 1.43. The molecule has 0 saturated carbocycles. The number of carbonyl (C=O) groups excluding carboxylic acids is 2. The minimum Gasteiger partial charge on any atom is -0.375 e. The third-order valence-corrected chi connectivity index (χ3v) is 4.21. The van der Waals surface area contributed by atoms with Gasteiger partial charge in [0.05, 0.1) is 6.07 Å². The normalized spacial score (nSPS) is 15.1. The van der Waals surface area contributed by atoms with E-state index in [0.717, 1.165) is 31.5 Å². The summed E-state index contributed by atoms with van der Waals surface area (Å²) < 4.78 is 0. The molecule has 0 radical (unpaired) electrons. The second-order valence-corrected chi connectivity index (χ2v) is 5.93. The van der Waals surface area contributed by atoms with E-state index < -0.39 is 11.7 Å². The molecule has 1 fully saturated rings. The summed E-state index contributed by atoms with van der Waals surface area (Å²) in [6, 6.07) is 9.00. The Labute approximate surface area is 137 Å². The molecule has 1 amide bonds. The summed E-state index contributed by atoms with van der Waals surface area (Å²) in [6.07, 6.45) is 2.92. The van der Waals surface area contributed by atoms with E-state index in [1.807, 2.05) is 25.2 Å². The van der Waals surface area contributed by atoms with Gasteiger partial charge < -0.3 is 9.80 Å². The molecule has 0 bridgehead atoms. The van der Waals surface area contributed by atoms with Gasteiger partial charge in [0.1, 0.15) is 0 Å². The molecule has 1 unspecified atom stereocenters. The first-order chi connectivity index (χ1) is 11.1. The Kier molecular flexibility index (Phi) is 5.75. The molecule has 1 aromatic rings. The molecule has 0 aromatic heterocycles. The molecule has 1 aliphatic heterocycles. The largest absolute Gasteiger partial charge is 0.375 e. The van der Waals surface area contributed by atoms with Gasteiger partial charge in [0.25, 0.3) is 0 Å². The van der Waals surface area contributed by atoms with Gasteiger partial charge in [0.15, 0.2) is 11.7 Å². The fourth-order valence-corrected chi connectivity index (χ4v) is 2.86. The number of amides is 1. The Hall–Kier alpha value is -2.35. The number of nitriles is 1. The maximum absolute atomic E-state index is 12.5. The highest BCUT2D eigenvalue weighted by atomic mass is 16.2. The van der Waals surface area contributed by atoms with Crippen LogP contribution in [-0.2, 0) is 4.79 Å². The zero-order valence-corrected chi connectivity index (χ0v) is 13.8. The van der Waals surface area contributed by atoms with Crippen LogP contribution in [0.15, 0.2) is 24.3 Å². The Bertz CT molecular complexity index is 598. The quantitative estimate of drug-likeness (QED) is 0.598. The van der Waals surface area contributed by atoms with Crippen LogP contribution in [0.4, 0.5) is 5.69 Å². The smallest absolute Gasteiger partial charge is 0.247 e. The van der Waals surface area contributed by atoms with Gasteiger partial charge in [0.2, 0.25) is 5.91 Å². The van der Waals surface area contributed by atoms with Crippen LogP contribution in [0.5, 0.6) is 0 Å². The van der Waals surface area contributed by atoms with E-state index in [-0.39, 0.29) is 5.91 Å². The zero-order chi connectivity index (χ0) is 16.8. The van der Waals surface area contributed by atoms with Crippen LogP contribution in [-0.4, -0.2) is 43.3 Å². The van der Waals surface area contributed by atoms with E-state index in [1.165, 1.54) is 0 Å². The highest BCUT2D eigenvalue weighted by Crippen LogP contribution is 2.19. The third kappa shape index (κ3) is 3.89. The summed E-state index contributed by atoms with van der Waals surface area (Å²) in [4.78, 5) is 28.5. The Morgan fingerprint density at radius 1 is 1.26 bits per heavy atom. The molecule has 23 heavy (non-hydrogen) atoms. The van der Waals surface area contributed by atoms with Gasteiger partial charge in [-0.3, -0.25) is 9.59 Å². The maximum Gasteiger partial charge on any atom is 0.247 e. The van der Waals surface area contributed by atoms with Gasteiger partial charge in [0, 0.05) is 37.9 Å². The van der Waals surface area contributed by atoms with Gasteiger partial charge in [-0.2, -0.15) is 5.26 Å². The molecule has 0 spiro atoms. The fourth-order valence-electron chi connectivity index (χ4n) is 2.86. The molecule has 1 atom stereocenters. The molecule has 0 N–H and O–H groups in total. The van der Waals surface area contributed by atoms with Crippen molar-refractivity contribution in [2.75, 3.05) is 31.6 Å². The lowest BCUT2D eigenvalue weighted by molar-refractivity contribution is -0.131. The monoisotopic (exact) mass is 313 g/mol. The summed E-state index contributed by atoms with van der Waals surface area (Å²) in [5, 5.41) is 9.27. The molecular weight excluding hydrogens is 290 g/mol. The lowest BCUT2D eigenvalue weighted by Crippen LogP contribution is -2.37. The van der Waals surface area contributed by atoms with Crippen molar-refractivity contribution >= 4 is 17.4 Å². The predicted molar refractivity (Wildman–Crippen MR) is 89.3 cm³/mol. The number of ketones is 1. The number of likely N-dealkylation sites (tertiary alicyclic amines) is 1. The molecule has 2 rings (SSSR count). The number of Topliss-reactive ketones (excluding diaryl/α,β-unsaturated/α-hetero) is 1. The van der Waals surface area contributed by atoms with Crippen LogP contribution >= 0.6 is 0 Å². The number of hydrogen-bond donors (Lipinski definition) is 0. The minimum absolute atomic E-state index is 0.359. The summed E-state index contributed by atoms with van der Waals surface area (Å²) in [7, 11) is 2.00. The zero-order valence-electron chi connectivity index (χ0n) is 13.8. The van der Waals surface area contributed by atoms with Gasteiger partial charge in [-0.05, 0) is 43.5 Å². The standard InChI is InChI=1S/C18H23N3O2/c1-3-10-20(2)15-8-6-14(7-9-15)17(22)16(13-19)18(23)21-11-4-5-12-21/h6-9,16H,3-5,10-12H2,1-2H3. The molecule has 5 nitrogen and oxygen atoms in total. The van der Waals surface area contributed by atoms with Crippen molar-refractivity contribution in [1.29, 1.82) is 5.26 Å². The number of anilines is 1. The van der Waals surface area contributed by atoms with Crippen LogP contribution in [0.25, 0.3) is 0 Å². The van der Waals surface area contributed by atoms with E-state index in [9.17, 15) is 14.9 Å². The molecule has 1 heterocycles. The highest BCUT2D eigenvalue weighted by molar-refractivity contribution is 6.12. The number of nitrogens with zero attached hydrogens (tertiary/aromatic N) is 3. The average molecular weight is 313 g/mol. The molecule has 5 heteroatoms. The van der Waals surface area contributed by atoms with Crippen molar-refractivity contribution in [3.05, 3.63) is 29.8 Å². The lowest BCUT2D eigenvalue weighted by Gasteiger charge is -2.19. The second kappa shape index (κ2) is 7.77. The third-order valence-electron chi connectivity index (χ3n) is 4.21. The van der Waals surface area contributed by atoms with Gasteiger partial charge in [-0.1, -0.05) is 6.92 Å². The predicted octanol–water partition coefficient (Wildman–Crippen LogP) is 2.48. The Morgan fingerprint density at radius 3 is 2.39 bits per heavy atom. The summed E-state index contributed by atoms with van der Waals surface area (Å²) in [5.74, 6) is -2.00. The van der Waals surface area contributed by atoms with Crippen LogP contribution in [0.1, 0.15) is 36.5 Å². The molecule has 0 aliphatic carbocycles. The SMILES string of the molecule is CCCN(C)c1ccc(C(=O)C(C#N)C(=O)N2CCCC2)cc1. The number of rotatable bonds is 6. The van der Waals surface area contributed by atoms with Crippen LogP contribution in [0.2, 0.25) is 0 Å². The average Bonchev–Trinajstić information content (AvgIpc) is 3.10. The minimum atomic E-state index is -1.23. The van der Waals surface area contributed by atoms with E-state index in [1.54, 1.807) is 17.0 Å². The topological polar surface area (TPSA) is 64.4 Å². The van der Waals surface area contributed by atoms with Crippen molar-refractivity contribution in [2.45, 2.75) is 26.2 Å². The molecular formula is C18H23N3O2. The van der Waals surface area contributed by atoms with Crippen molar-refractivity contribution in [3.8, 4) is 6.07 Å². The van der Waals surface area contributed by atoms with Gasteiger partial charge >= 0.3 is 0 Å². The molecule has 1 aromatic carbocycles. The molecule has 1 saturated heterocycles. The van der Waals surface area contributed by atoms with Gasteiger partial charge in [-0.15, -0.1) is 0 Å². The number of hydrogen-bond acceptors (Lipinski definition) is 4. The van der Waals surface area contributed by atoms with Crippen molar-refractivity contribution in [3.63, 3.8) is 0 Å². The fraction of sp³-hybridized carbons (Fsp3) is 0.500. The van der Waals surface area contributed by atoms with Crippen LogP contribution in [0.3, 0.4) is 0 Å². The van der Waals surface area contributed by atoms with Gasteiger partial charge in [-0.25, -0.2) is 0 Å². The molecule has 1 aliphatic rings. The number of carbonyl (C=O) groups is 2. The van der Waals surface area contributed by atoms with E-state index in [0.29, 0.717) is 18.7 Å². The summed E-state index contributed by atoms with van der Waals surface area (Å²) in [6.45, 7) is 4.33. The van der Waals surface area contributed by atoms with Crippen LogP contribution < -0.4 is 4.90 Å². The van der Waals surface area contributed by atoms with Crippen molar-refractivity contribution in [2.24, 2.45) is 5.92 Å². The lowest BCUT2D eigenvalue weighted by atomic mass is 9.97. The second-order valence-electron chi connectivity index (χ2n) is 5.93. The van der Waals surface area contributed by atoms with E-state index >= 15 is 0 Å². The first-order valence-corrected chi connectivity index (χ1v) is 8.12. The Morgan fingerprint density at radius 2 is 1.87 bits per heavy atom.